The van der Waals surface area contributed by atoms with E-state index in [2.05, 4.69) is 59.9 Å². The highest BCUT2D eigenvalue weighted by Gasteiger charge is 2.29. The van der Waals surface area contributed by atoms with Crippen molar-refractivity contribution in [2.45, 2.75) is 51.5 Å². The second kappa shape index (κ2) is 6.05. The number of alkyl halides is 1. The Morgan fingerprint density at radius 2 is 1.95 bits per heavy atom. The lowest BCUT2D eigenvalue weighted by Gasteiger charge is -2.40. The summed E-state index contributed by atoms with van der Waals surface area (Å²) in [6.45, 7) is 4.76. The molecule has 1 aliphatic rings. The van der Waals surface area contributed by atoms with Crippen LogP contribution in [0.15, 0.2) is 22.7 Å². The fourth-order valence-corrected chi connectivity index (χ4v) is 3.52. The molecule has 0 unspecified atom stereocenters. The summed E-state index contributed by atoms with van der Waals surface area (Å²) in [7, 11) is 2.21. The molecule has 0 aliphatic heterocycles. The molecule has 0 spiro atoms. The maximum absolute atomic E-state index is 6.07. The van der Waals surface area contributed by atoms with Gasteiger partial charge < -0.3 is 4.90 Å². The van der Waals surface area contributed by atoms with Gasteiger partial charge in [0.1, 0.15) is 0 Å². The lowest BCUT2D eigenvalue weighted by Crippen LogP contribution is -2.37. The summed E-state index contributed by atoms with van der Waals surface area (Å²) in [5.41, 5.74) is 3.01. The Labute approximate surface area is 130 Å². The molecule has 1 aromatic rings. The second-order valence-corrected chi connectivity index (χ2v) is 7.60. The van der Waals surface area contributed by atoms with Gasteiger partial charge in [0.2, 0.25) is 0 Å². The second-order valence-electron chi connectivity index (χ2n) is 6.41. The molecule has 0 bridgehead atoms. The van der Waals surface area contributed by atoms with E-state index >= 15 is 0 Å². The standard InChI is InChI=1S/C16H23BrClN/c1-16(2)8-6-14(7-9-16)19(3)15-10-13(17)5-4-12(15)11-18/h4-5,10,14H,6-9,11H2,1-3H3. The summed E-state index contributed by atoms with van der Waals surface area (Å²) < 4.78 is 1.12. The first kappa shape index (κ1) is 15.2. The Bertz CT molecular complexity index is 434. The van der Waals surface area contributed by atoms with Gasteiger partial charge >= 0.3 is 0 Å². The molecule has 0 atom stereocenters. The molecule has 2 rings (SSSR count). The molecule has 0 saturated heterocycles. The first-order chi connectivity index (χ1) is 8.93. The van der Waals surface area contributed by atoms with Crippen LogP contribution in [0.1, 0.15) is 45.1 Å². The quantitative estimate of drug-likeness (QED) is 0.646. The molecule has 1 saturated carbocycles. The normalized spacial score (nSPS) is 19.4. The molecule has 19 heavy (non-hydrogen) atoms. The average Bonchev–Trinajstić information content (AvgIpc) is 2.38. The van der Waals surface area contributed by atoms with Crippen LogP contribution in [0, 0.1) is 5.41 Å². The average molecular weight is 345 g/mol. The van der Waals surface area contributed by atoms with Crippen LogP contribution in [0.25, 0.3) is 0 Å². The van der Waals surface area contributed by atoms with Gasteiger partial charge in [0.25, 0.3) is 0 Å². The minimum Gasteiger partial charge on any atom is -0.371 e. The highest BCUT2D eigenvalue weighted by Crippen LogP contribution is 2.38. The van der Waals surface area contributed by atoms with Gasteiger partial charge in [-0.3, -0.25) is 0 Å². The number of benzene rings is 1. The third-order valence-electron chi connectivity index (χ3n) is 4.43. The van der Waals surface area contributed by atoms with Crippen molar-refractivity contribution in [1.82, 2.24) is 0 Å². The topological polar surface area (TPSA) is 3.24 Å². The lowest BCUT2D eigenvalue weighted by atomic mass is 9.75. The number of hydrogen-bond donors (Lipinski definition) is 0. The van der Waals surface area contributed by atoms with Gasteiger partial charge in [-0.05, 0) is 48.8 Å². The molecular formula is C16H23BrClN. The van der Waals surface area contributed by atoms with Crippen molar-refractivity contribution in [2.24, 2.45) is 5.41 Å². The molecule has 1 fully saturated rings. The third-order valence-corrected chi connectivity index (χ3v) is 5.21. The van der Waals surface area contributed by atoms with Crippen molar-refractivity contribution in [3.63, 3.8) is 0 Å². The number of halogens is 2. The van der Waals surface area contributed by atoms with Gasteiger partial charge in [-0.15, -0.1) is 11.6 Å². The van der Waals surface area contributed by atoms with Gasteiger partial charge in [0, 0.05) is 29.1 Å². The minimum atomic E-state index is 0.518. The highest BCUT2D eigenvalue weighted by molar-refractivity contribution is 9.10. The molecule has 0 amide bonds. The van der Waals surface area contributed by atoms with Crippen molar-refractivity contribution in [3.05, 3.63) is 28.2 Å². The molecule has 0 radical (unpaired) electrons. The van der Waals surface area contributed by atoms with Crippen LogP contribution in [0.3, 0.4) is 0 Å². The minimum absolute atomic E-state index is 0.518. The van der Waals surface area contributed by atoms with Crippen LogP contribution in [0.5, 0.6) is 0 Å². The van der Waals surface area contributed by atoms with Gasteiger partial charge in [-0.1, -0.05) is 35.8 Å². The van der Waals surface area contributed by atoms with E-state index in [-0.39, 0.29) is 0 Å². The molecule has 1 nitrogen and oxygen atoms in total. The Hall–Kier alpha value is -0.210. The zero-order chi connectivity index (χ0) is 14.0. The number of rotatable bonds is 3. The number of anilines is 1. The molecule has 0 aromatic heterocycles. The van der Waals surface area contributed by atoms with E-state index in [0.717, 1.165) is 4.47 Å². The molecule has 1 aliphatic carbocycles. The maximum atomic E-state index is 6.07. The number of nitrogens with zero attached hydrogens (tertiary/aromatic N) is 1. The smallest absolute Gasteiger partial charge is 0.0494 e. The van der Waals surface area contributed by atoms with Crippen LogP contribution in [0.2, 0.25) is 0 Å². The van der Waals surface area contributed by atoms with Gasteiger partial charge in [-0.2, -0.15) is 0 Å². The summed E-state index contributed by atoms with van der Waals surface area (Å²) in [6, 6.07) is 7.02. The fourth-order valence-electron chi connectivity index (χ4n) is 2.95. The molecule has 1 aromatic carbocycles. The molecule has 106 valence electrons. The first-order valence-corrected chi connectivity index (χ1v) is 8.33. The van der Waals surface area contributed by atoms with Gasteiger partial charge in [0.15, 0.2) is 0 Å². The summed E-state index contributed by atoms with van der Waals surface area (Å²) in [5.74, 6) is 0.575. The largest absolute Gasteiger partial charge is 0.371 e. The summed E-state index contributed by atoms with van der Waals surface area (Å²) in [6.07, 6.45) is 5.17. The highest BCUT2D eigenvalue weighted by atomic mass is 79.9. The Morgan fingerprint density at radius 3 is 2.53 bits per heavy atom. The maximum Gasteiger partial charge on any atom is 0.0494 e. The van der Waals surface area contributed by atoms with E-state index in [4.69, 9.17) is 11.6 Å². The fraction of sp³-hybridized carbons (Fsp3) is 0.625. The van der Waals surface area contributed by atoms with Crippen molar-refractivity contribution >= 4 is 33.2 Å². The zero-order valence-electron chi connectivity index (χ0n) is 12.0. The van der Waals surface area contributed by atoms with E-state index < -0.39 is 0 Å². The molecule has 3 heteroatoms. The zero-order valence-corrected chi connectivity index (χ0v) is 14.4. The molecule has 0 N–H and O–H groups in total. The number of hydrogen-bond acceptors (Lipinski definition) is 1. The van der Waals surface area contributed by atoms with Crippen LogP contribution < -0.4 is 4.90 Å². The van der Waals surface area contributed by atoms with Crippen molar-refractivity contribution in [2.75, 3.05) is 11.9 Å². The monoisotopic (exact) mass is 343 g/mol. The summed E-state index contributed by atoms with van der Waals surface area (Å²) >= 11 is 9.64. The summed E-state index contributed by atoms with van der Waals surface area (Å²) in [5, 5.41) is 0. The Kier molecular flexibility index (Phi) is 4.84. The van der Waals surface area contributed by atoms with Crippen LogP contribution in [0.4, 0.5) is 5.69 Å². The van der Waals surface area contributed by atoms with E-state index in [1.165, 1.54) is 36.9 Å². The SMILES string of the molecule is CN(c1cc(Br)ccc1CCl)C1CCC(C)(C)CC1. The van der Waals surface area contributed by atoms with Crippen LogP contribution >= 0.6 is 27.5 Å². The predicted octanol–water partition coefficient (Wildman–Crippen LogP) is 5.59. The van der Waals surface area contributed by atoms with Gasteiger partial charge in [-0.25, -0.2) is 0 Å². The first-order valence-electron chi connectivity index (χ1n) is 7.00. The van der Waals surface area contributed by atoms with E-state index in [1.54, 1.807) is 0 Å². The van der Waals surface area contributed by atoms with E-state index in [1.807, 2.05) is 0 Å². The predicted molar refractivity (Wildman–Crippen MR) is 88.1 cm³/mol. The van der Waals surface area contributed by atoms with Crippen molar-refractivity contribution < 1.29 is 0 Å². The molecular weight excluding hydrogens is 322 g/mol. The lowest BCUT2D eigenvalue weighted by molar-refractivity contribution is 0.222. The van der Waals surface area contributed by atoms with Crippen molar-refractivity contribution in [3.8, 4) is 0 Å². The Balaban J connectivity index is 2.16. The van der Waals surface area contributed by atoms with E-state index in [0.29, 0.717) is 17.3 Å². The van der Waals surface area contributed by atoms with E-state index in [9.17, 15) is 0 Å². The third kappa shape index (κ3) is 3.66. The Morgan fingerprint density at radius 1 is 1.32 bits per heavy atom. The van der Waals surface area contributed by atoms with Crippen LogP contribution in [-0.4, -0.2) is 13.1 Å². The van der Waals surface area contributed by atoms with Crippen LogP contribution in [-0.2, 0) is 5.88 Å². The summed E-state index contributed by atoms with van der Waals surface area (Å²) in [4.78, 5) is 2.43. The van der Waals surface area contributed by atoms with Crippen molar-refractivity contribution in [1.29, 1.82) is 0 Å². The molecule has 0 heterocycles. The van der Waals surface area contributed by atoms with Gasteiger partial charge in [0.05, 0.1) is 0 Å².